The Morgan fingerprint density at radius 1 is 1.11 bits per heavy atom. The molecule has 102 valence electrons. The molecule has 0 heterocycles. The van der Waals surface area contributed by atoms with Crippen molar-refractivity contribution in [3.63, 3.8) is 0 Å². The van der Waals surface area contributed by atoms with Gasteiger partial charge in [0.1, 0.15) is 0 Å². The Labute approximate surface area is 115 Å². The smallest absolute Gasteiger partial charge is 0.207 e. The average Bonchev–Trinajstić information content (AvgIpc) is 2.37. The van der Waals surface area contributed by atoms with Gasteiger partial charge in [0.05, 0.1) is 4.90 Å². The third kappa shape index (κ3) is 3.78. The lowest BCUT2D eigenvalue weighted by atomic mass is 10.00. The van der Waals surface area contributed by atoms with Gasteiger partial charge >= 0.3 is 0 Å². The number of nitrogens with one attached hydrogen (secondary N) is 1. The van der Waals surface area contributed by atoms with Gasteiger partial charge in [0.2, 0.25) is 10.0 Å². The summed E-state index contributed by atoms with van der Waals surface area (Å²) in [7, 11) is -3.40. The molecule has 1 aliphatic carbocycles. The van der Waals surface area contributed by atoms with Crippen molar-refractivity contribution in [2.75, 3.05) is 6.54 Å². The quantitative estimate of drug-likeness (QED) is 0.860. The second-order valence-corrected chi connectivity index (χ2v) is 6.73. The monoisotopic (exact) mass is 277 g/mol. The van der Waals surface area contributed by atoms with Gasteiger partial charge in [-0.3, -0.25) is 0 Å². The van der Waals surface area contributed by atoms with Gasteiger partial charge in [0.25, 0.3) is 0 Å². The molecule has 1 aliphatic rings. The van der Waals surface area contributed by atoms with Gasteiger partial charge in [-0.2, -0.15) is 0 Å². The Bertz CT molecular complexity index is 610. The maximum Gasteiger partial charge on any atom is 0.240 e. The molecule has 0 saturated carbocycles. The largest absolute Gasteiger partial charge is 0.240 e. The predicted molar refractivity (Wildman–Crippen MR) is 77.4 cm³/mol. The summed E-state index contributed by atoms with van der Waals surface area (Å²) in [5, 5.41) is 0. The molecule has 3 nitrogen and oxygen atoms in total. The van der Waals surface area contributed by atoms with Crippen LogP contribution in [0.4, 0.5) is 0 Å². The van der Waals surface area contributed by atoms with Crippen molar-refractivity contribution in [2.45, 2.75) is 31.6 Å². The lowest BCUT2D eigenvalue weighted by Gasteiger charge is -2.13. The number of allylic oxidation sites excluding steroid dienone is 3. The molecule has 0 unspecified atom stereocenters. The number of aryl methyl sites for hydroxylation is 1. The van der Waals surface area contributed by atoms with E-state index in [-0.39, 0.29) is 0 Å². The number of hydrogen-bond donors (Lipinski definition) is 1. The Morgan fingerprint density at radius 3 is 2.42 bits per heavy atom. The zero-order chi connectivity index (χ0) is 13.9. The number of sulfonamides is 1. The molecular formula is C15H19NO2S. The molecule has 4 heteroatoms. The van der Waals surface area contributed by atoms with Gasteiger partial charge in [-0.25, -0.2) is 13.1 Å². The summed E-state index contributed by atoms with van der Waals surface area (Å²) < 4.78 is 26.9. The third-order valence-corrected chi connectivity index (χ3v) is 4.62. The Morgan fingerprint density at radius 2 is 1.79 bits per heavy atom. The summed E-state index contributed by atoms with van der Waals surface area (Å²) in [6.07, 6.45) is 6.01. The van der Waals surface area contributed by atoms with Gasteiger partial charge in [0, 0.05) is 6.54 Å². The highest BCUT2D eigenvalue weighted by Gasteiger charge is 2.14. The minimum atomic E-state index is -3.40. The molecule has 19 heavy (non-hydrogen) atoms. The van der Waals surface area contributed by atoms with E-state index in [1.807, 2.05) is 6.92 Å². The van der Waals surface area contributed by atoms with Gasteiger partial charge in [-0.15, -0.1) is 0 Å². The molecule has 0 aliphatic heterocycles. The van der Waals surface area contributed by atoms with Crippen molar-refractivity contribution >= 4 is 10.0 Å². The highest BCUT2D eigenvalue weighted by atomic mass is 32.2. The Balaban J connectivity index is 2.02. The van der Waals surface area contributed by atoms with Crippen LogP contribution in [0.25, 0.3) is 0 Å². The zero-order valence-corrected chi connectivity index (χ0v) is 12.1. The average molecular weight is 277 g/mol. The first-order chi connectivity index (χ1) is 8.97. The van der Waals surface area contributed by atoms with Crippen LogP contribution < -0.4 is 4.72 Å². The van der Waals surface area contributed by atoms with Crippen molar-refractivity contribution < 1.29 is 8.42 Å². The van der Waals surface area contributed by atoms with E-state index in [0.717, 1.165) is 24.0 Å². The lowest BCUT2D eigenvalue weighted by molar-refractivity contribution is 0.584. The van der Waals surface area contributed by atoms with Crippen LogP contribution in [0.15, 0.2) is 52.5 Å². The van der Waals surface area contributed by atoms with Crippen LogP contribution in [-0.2, 0) is 10.0 Å². The minimum absolute atomic E-state index is 0.321. The minimum Gasteiger partial charge on any atom is -0.207 e. The van der Waals surface area contributed by atoms with Crippen molar-refractivity contribution in [3.05, 3.63) is 53.1 Å². The Hall–Kier alpha value is -1.39. The zero-order valence-electron chi connectivity index (χ0n) is 11.3. The number of benzene rings is 1. The van der Waals surface area contributed by atoms with Crippen LogP contribution in [0, 0.1) is 6.92 Å². The first-order valence-corrected chi connectivity index (χ1v) is 7.85. The molecule has 0 fully saturated rings. The van der Waals surface area contributed by atoms with Crippen molar-refractivity contribution in [2.24, 2.45) is 0 Å². The second-order valence-electron chi connectivity index (χ2n) is 4.96. The van der Waals surface area contributed by atoms with E-state index in [9.17, 15) is 8.42 Å². The van der Waals surface area contributed by atoms with Crippen molar-refractivity contribution in [1.82, 2.24) is 4.72 Å². The van der Waals surface area contributed by atoms with E-state index in [1.54, 1.807) is 24.3 Å². The van der Waals surface area contributed by atoms with Crippen molar-refractivity contribution in [3.8, 4) is 0 Å². The van der Waals surface area contributed by atoms with E-state index in [1.165, 1.54) is 5.57 Å². The summed E-state index contributed by atoms with van der Waals surface area (Å²) in [5.74, 6) is 0. The van der Waals surface area contributed by atoms with Gasteiger partial charge in [-0.05, 0) is 38.8 Å². The summed E-state index contributed by atoms with van der Waals surface area (Å²) >= 11 is 0. The van der Waals surface area contributed by atoms with E-state index in [0.29, 0.717) is 11.4 Å². The van der Waals surface area contributed by atoms with Crippen molar-refractivity contribution in [1.29, 1.82) is 0 Å². The molecule has 1 aromatic carbocycles. The fourth-order valence-electron chi connectivity index (χ4n) is 2.05. The normalized spacial score (nSPS) is 15.9. The van der Waals surface area contributed by atoms with Crippen LogP contribution in [0.1, 0.15) is 25.3 Å². The summed E-state index contributed by atoms with van der Waals surface area (Å²) in [6, 6.07) is 6.89. The van der Waals surface area contributed by atoms with Crippen LogP contribution in [0.2, 0.25) is 0 Å². The maximum absolute atomic E-state index is 12.1. The molecule has 2 rings (SSSR count). The number of hydrogen-bond acceptors (Lipinski definition) is 2. The van der Waals surface area contributed by atoms with Gasteiger partial charge < -0.3 is 0 Å². The van der Waals surface area contributed by atoms with E-state index < -0.39 is 10.0 Å². The third-order valence-electron chi connectivity index (χ3n) is 3.20. The standard InChI is InChI=1S/C15H19NO2S/c1-12-6-8-15(9-7-12)19(17,18)16-11-14-5-3-4-13(2)10-14/h4-9,16H,3,10-11H2,1-2H3. The SMILES string of the molecule is CC1=CCC=C(CNS(=O)(=O)c2ccc(C)cc2)C1. The maximum atomic E-state index is 12.1. The van der Waals surface area contributed by atoms with Crippen LogP contribution in [0.3, 0.4) is 0 Å². The molecule has 0 atom stereocenters. The molecule has 0 aromatic heterocycles. The lowest BCUT2D eigenvalue weighted by Crippen LogP contribution is -2.26. The second kappa shape index (κ2) is 5.72. The van der Waals surface area contributed by atoms with Crippen LogP contribution in [-0.4, -0.2) is 15.0 Å². The Kier molecular flexibility index (Phi) is 4.22. The van der Waals surface area contributed by atoms with Gasteiger partial charge in [0.15, 0.2) is 0 Å². The first kappa shape index (κ1) is 14.0. The molecule has 0 bridgehead atoms. The molecule has 1 N–H and O–H groups in total. The molecule has 0 saturated heterocycles. The van der Waals surface area contributed by atoms with Gasteiger partial charge in [-0.1, -0.05) is 41.0 Å². The summed E-state index contributed by atoms with van der Waals surface area (Å²) in [6.45, 7) is 4.40. The molecular weight excluding hydrogens is 258 g/mol. The molecule has 1 aromatic rings. The van der Waals surface area contributed by atoms with Crippen LogP contribution >= 0.6 is 0 Å². The highest BCUT2D eigenvalue weighted by Crippen LogP contribution is 2.18. The van der Waals surface area contributed by atoms with Crippen LogP contribution in [0.5, 0.6) is 0 Å². The molecule has 0 radical (unpaired) electrons. The van der Waals surface area contributed by atoms with E-state index in [4.69, 9.17) is 0 Å². The predicted octanol–water partition coefficient (Wildman–Crippen LogP) is 2.94. The fraction of sp³-hybridized carbons (Fsp3) is 0.333. The first-order valence-electron chi connectivity index (χ1n) is 6.37. The van der Waals surface area contributed by atoms with E-state index in [2.05, 4.69) is 23.8 Å². The topological polar surface area (TPSA) is 46.2 Å². The molecule has 0 spiro atoms. The highest BCUT2D eigenvalue weighted by molar-refractivity contribution is 7.89. The summed E-state index contributed by atoms with van der Waals surface area (Å²) in [5.41, 5.74) is 3.48. The molecule has 0 amide bonds. The fourth-order valence-corrected chi connectivity index (χ4v) is 3.09. The number of rotatable bonds is 4. The van der Waals surface area contributed by atoms with E-state index >= 15 is 0 Å². The summed E-state index contributed by atoms with van der Waals surface area (Å²) in [4.78, 5) is 0.321.